The Kier molecular flexibility index (Phi) is 5.57. The topological polar surface area (TPSA) is 0 Å². The van der Waals surface area contributed by atoms with Gasteiger partial charge in [0.15, 0.2) is 0 Å². The van der Waals surface area contributed by atoms with Crippen LogP contribution in [0.25, 0.3) is 0 Å². The summed E-state index contributed by atoms with van der Waals surface area (Å²) in [6.45, 7) is 4.27. The van der Waals surface area contributed by atoms with E-state index >= 15 is 0 Å². The molecule has 0 amide bonds. The zero-order valence-corrected chi connectivity index (χ0v) is 11.2. The Bertz CT molecular complexity index is 337. The SMILES string of the molecule is CC(C)CC(Cl)CCc1cccc(Cl)c1F. The predicted molar refractivity (Wildman–Crippen MR) is 68.8 cm³/mol. The van der Waals surface area contributed by atoms with Crippen molar-refractivity contribution in [2.75, 3.05) is 0 Å². The lowest BCUT2D eigenvalue weighted by molar-refractivity contribution is 0.537. The minimum absolute atomic E-state index is 0.110. The molecule has 1 aromatic rings. The molecule has 16 heavy (non-hydrogen) atoms. The van der Waals surface area contributed by atoms with Crippen molar-refractivity contribution < 1.29 is 4.39 Å². The summed E-state index contributed by atoms with van der Waals surface area (Å²) in [5, 5.41) is 0.297. The molecule has 0 saturated heterocycles. The van der Waals surface area contributed by atoms with Gasteiger partial charge in [-0.25, -0.2) is 4.39 Å². The maximum Gasteiger partial charge on any atom is 0.144 e. The van der Waals surface area contributed by atoms with Gasteiger partial charge in [-0.2, -0.15) is 0 Å². The first-order valence-electron chi connectivity index (χ1n) is 5.57. The first kappa shape index (κ1) is 13.8. The van der Waals surface area contributed by atoms with E-state index in [0.29, 0.717) is 17.9 Å². The molecule has 0 aliphatic heterocycles. The van der Waals surface area contributed by atoms with E-state index in [4.69, 9.17) is 23.2 Å². The van der Waals surface area contributed by atoms with E-state index in [-0.39, 0.29) is 16.2 Å². The summed E-state index contributed by atoms with van der Waals surface area (Å²) in [5.41, 5.74) is 0.655. The molecular weight excluding hydrogens is 246 g/mol. The molecule has 3 heteroatoms. The molecule has 1 rings (SSSR count). The highest BCUT2D eigenvalue weighted by Crippen LogP contribution is 2.22. The highest BCUT2D eigenvalue weighted by molar-refractivity contribution is 6.30. The number of hydrogen-bond donors (Lipinski definition) is 0. The summed E-state index contributed by atoms with van der Waals surface area (Å²) in [4.78, 5) is 0. The van der Waals surface area contributed by atoms with Gasteiger partial charge < -0.3 is 0 Å². The standard InChI is InChI=1S/C13H17Cl2F/c1-9(2)8-11(14)7-6-10-4-3-5-12(15)13(10)16/h3-5,9,11H,6-8H2,1-2H3. The van der Waals surface area contributed by atoms with Gasteiger partial charge in [0, 0.05) is 5.38 Å². The van der Waals surface area contributed by atoms with E-state index in [1.807, 2.05) is 0 Å². The van der Waals surface area contributed by atoms with Crippen LogP contribution in [0.5, 0.6) is 0 Å². The third-order valence-electron chi connectivity index (χ3n) is 2.49. The molecule has 0 spiro atoms. The van der Waals surface area contributed by atoms with Crippen molar-refractivity contribution in [3.63, 3.8) is 0 Å². The van der Waals surface area contributed by atoms with Crippen molar-refractivity contribution >= 4 is 23.2 Å². The van der Waals surface area contributed by atoms with E-state index in [9.17, 15) is 4.39 Å². The Hall–Kier alpha value is -0.270. The Morgan fingerprint density at radius 1 is 1.31 bits per heavy atom. The monoisotopic (exact) mass is 262 g/mol. The number of halogens is 3. The molecule has 1 unspecified atom stereocenters. The maximum absolute atomic E-state index is 13.5. The Labute approximate surface area is 107 Å². The number of rotatable bonds is 5. The Balaban J connectivity index is 2.51. The van der Waals surface area contributed by atoms with Gasteiger partial charge in [0.05, 0.1) is 5.02 Å². The van der Waals surface area contributed by atoms with Crippen molar-refractivity contribution in [2.45, 2.75) is 38.5 Å². The zero-order chi connectivity index (χ0) is 12.1. The van der Waals surface area contributed by atoms with Crippen LogP contribution < -0.4 is 0 Å². The molecule has 90 valence electrons. The number of benzene rings is 1. The van der Waals surface area contributed by atoms with E-state index in [1.165, 1.54) is 0 Å². The molecular formula is C13H17Cl2F. The lowest BCUT2D eigenvalue weighted by Gasteiger charge is -2.12. The van der Waals surface area contributed by atoms with Crippen LogP contribution in [0, 0.1) is 11.7 Å². The van der Waals surface area contributed by atoms with Crippen LogP contribution in [0.3, 0.4) is 0 Å². The van der Waals surface area contributed by atoms with Crippen LogP contribution >= 0.6 is 23.2 Å². The second-order valence-corrected chi connectivity index (χ2v) is 5.50. The molecule has 0 radical (unpaired) electrons. The average Bonchev–Trinajstić information content (AvgIpc) is 2.19. The minimum Gasteiger partial charge on any atom is -0.205 e. The van der Waals surface area contributed by atoms with Gasteiger partial charge in [0.1, 0.15) is 5.82 Å². The van der Waals surface area contributed by atoms with Gasteiger partial charge in [-0.15, -0.1) is 11.6 Å². The predicted octanol–water partition coefficient (Wildman–Crippen LogP) is 5.07. The normalized spacial score (nSPS) is 13.1. The molecule has 1 atom stereocenters. The van der Waals surface area contributed by atoms with Crippen molar-refractivity contribution in [3.8, 4) is 0 Å². The number of alkyl halides is 1. The molecule has 0 aliphatic rings. The quantitative estimate of drug-likeness (QED) is 0.651. The summed E-state index contributed by atoms with van der Waals surface area (Å²) in [5.74, 6) is 0.268. The van der Waals surface area contributed by atoms with Crippen LogP contribution in [0.2, 0.25) is 5.02 Å². The smallest absolute Gasteiger partial charge is 0.144 e. The summed E-state index contributed by atoms with van der Waals surface area (Å²) in [6, 6.07) is 5.10. The van der Waals surface area contributed by atoms with Gasteiger partial charge in [-0.3, -0.25) is 0 Å². The molecule has 1 aromatic carbocycles. The first-order chi connectivity index (χ1) is 7.50. The molecule has 0 fully saturated rings. The fourth-order valence-electron chi connectivity index (χ4n) is 1.68. The lowest BCUT2D eigenvalue weighted by Crippen LogP contribution is -2.05. The molecule has 0 saturated carbocycles. The Morgan fingerprint density at radius 2 is 2.00 bits per heavy atom. The van der Waals surface area contributed by atoms with Crippen molar-refractivity contribution in [3.05, 3.63) is 34.6 Å². The van der Waals surface area contributed by atoms with Gasteiger partial charge in [0.2, 0.25) is 0 Å². The van der Waals surface area contributed by atoms with Crippen LogP contribution in [0.1, 0.15) is 32.3 Å². The fourth-order valence-corrected chi connectivity index (χ4v) is 2.34. The van der Waals surface area contributed by atoms with Crippen molar-refractivity contribution in [1.29, 1.82) is 0 Å². The molecule has 0 aliphatic carbocycles. The van der Waals surface area contributed by atoms with Crippen LogP contribution in [-0.4, -0.2) is 5.38 Å². The summed E-state index contributed by atoms with van der Waals surface area (Å²) < 4.78 is 13.5. The minimum atomic E-state index is -0.308. The number of hydrogen-bond acceptors (Lipinski definition) is 0. The second kappa shape index (κ2) is 6.46. The van der Waals surface area contributed by atoms with E-state index in [1.54, 1.807) is 18.2 Å². The molecule has 0 aromatic heterocycles. The molecule has 0 bridgehead atoms. The van der Waals surface area contributed by atoms with Gasteiger partial charge in [-0.05, 0) is 36.8 Å². The maximum atomic E-state index is 13.5. The lowest BCUT2D eigenvalue weighted by atomic mass is 10.0. The van der Waals surface area contributed by atoms with E-state index < -0.39 is 0 Å². The van der Waals surface area contributed by atoms with Crippen LogP contribution in [0.15, 0.2) is 18.2 Å². The van der Waals surface area contributed by atoms with Gasteiger partial charge >= 0.3 is 0 Å². The molecule has 0 nitrogen and oxygen atoms in total. The highest BCUT2D eigenvalue weighted by Gasteiger charge is 2.10. The highest BCUT2D eigenvalue weighted by atomic mass is 35.5. The molecule has 0 N–H and O–H groups in total. The van der Waals surface area contributed by atoms with Gasteiger partial charge in [0.25, 0.3) is 0 Å². The van der Waals surface area contributed by atoms with Crippen LogP contribution in [-0.2, 0) is 6.42 Å². The van der Waals surface area contributed by atoms with Gasteiger partial charge in [-0.1, -0.05) is 37.6 Å². The van der Waals surface area contributed by atoms with E-state index in [0.717, 1.165) is 12.8 Å². The molecule has 0 heterocycles. The van der Waals surface area contributed by atoms with Crippen molar-refractivity contribution in [1.82, 2.24) is 0 Å². The summed E-state index contributed by atoms with van der Waals surface area (Å²) in [6.07, 6.45) is 2.40. The Morgan fingerprint density at radius 3 is 2.62 bits per heavy atom. The van der Waals surface area contributed by atoms with Crippen molar-refractivity contribution in [2.24, 2.45) is 5.92 Å². The van der Waals surface area contributed by atoms with E-state index in [2.05, 4.69) is 13.8 Å². The average molecular weight is 263 g/mol. The third-order valence-corrected chi connectivity index (χ3v) is 3.17. The summed E-state index contributed by atoms with van der Waals surface area (Å²) >= 11 is 11.9. The third kappa shape index (κ3) is 4.31. The first-order valence-corrected chi connectivity index (χ1v) is 6.39. The largest absolute Gasteiger partial charge is 0.205 e. The fraction of sp³-hybridized carbons (Fsp3) is 0.538. The zero-order valence-electron chi connectivity index (χ0n) is 9.64. The second-order valence-electron chi connectivity index (χ2n) is 4.48. The summed E-state index contributed by atoms with van der Waals surface area (Å²) in [7, 11) is 0. The van der Waals surface area contributed by atoms with Crippen LogP contribution in [0.4, 0.5) is 4.39 Å². The number of aryl methyl sites for hydroxylation is 1.